The van der Waals surface area contributed by atoms with Gasteiger partial charge in [0.1, 0.15) is 12.4 Å². The van der Waals surface area contributed by atoms with Crippen LogP contribution in [0.5, 0.6) is 46.0 Å². The third kappa shape index (κ3) is 9.64. The van der Waals surface area contributed by atoms with Crippen LogP contribution < -0.4 is 37.9 Å². The topological polar surface area (TPSA) is 94.1 Å². The van der Waals surface area contributed by atoms with E-state index in [1.165, 1.54) is 0 Å². The monoisotopic (exact) mass is 714 g/mol. The third-order valence-electron chi connectivity index (χ3n) is 8.34. The Bertz CT molecular complexity index is 1750. The van der Waals surface area contributed by atoms with E-state index < -0.39 is 17.9 Å². The predicted molar refractivity (Wildman–Crippen MR) is 204 cm³/mol. The molecule has 280 valence electrons. The maximum atomic E-state index is 12.6. The summed E-state index contributed by atoms with van der Waals surface area (Å²) in [5, 5.41) is 12.6. The summed E-state index contributed by atoms with van der Waals surface area (Å²) in [6, 6.07) is 22.9. The van der Waals surface area contributed by atoms with Crippen LogP contribution in [-0.4, -0.2) is 51.9 Å². The molecule has 4 aromatic carbocycles. The molecule has 0 saturated carbocycles. The molecule has 0 radical (unpaired) electrons. The molecule has 0 spiro atoms. The molecule has 4 rings (SSSR count). The van der Waals surface area contributed by atoms with Crippen molar-refractivity contribution < 1.29 is 43.0 Å². The molecule has 52 heavy (non-hydrogen) atoms. The maximum absolute atomic E-state index is 12.6. The number of allylic oxidation sites excluding steroid dienone is 1. The van der Waals surface area contributed by atoms with Gasteiger partial charge in [-0.25, -0.2) is 0 Å². The fourth-order valence-electron chi connectivity index (χ4n) is 6.15. The van der Waals surface area contributed by atoms with E-state index in [0.29, 0.717) is 58.2 Å². The molecule has 4 aromatic rings. The number of methoxy groups -OCH3 is 4. The van der Waals surface area contributed by atoms with Gasteiger partial charge in [0.05, 0.1) is 52.9 Å². The minimum absolute atomic E-state index is 0.0726. The molecule has 0 aromatic heterocycles. The first-order valence-corrected chi connectivity index (χ1v) is 17.6. The molecule has 0 saturated heterocycles. The summed E-state index contributed by atoms with van der Waals surface area (Å²) < 4.78 is 48.1. The Labute approximate surface area is 309 Å². The van der Waals surface area contributed by atoms with Crippen molar-refractivity contribution in [2.24, 2.45) is 0 Å². The molecule has 9 nitrogen and oxygen atoms in total. The highest BCUT2D eigenvalue weighted by atomic mass is 16.5. The number of aliphatic hydroxyl groups excluding tert-OH is 1. The molecule has 0 heterocycles. The molecule has 9 heteroatoms. The Morgan fingerprint density at radius 1 is 0.577 bits per heavy atom. The maximum Gasteiger partial charge on any atom is 0.203 e. The van der Waals surface area contributed by atoms with Crippen molar-refractivity contribution in [3.8, 4) is 46.0 Å². The first kappa shape index (κ1) is 39.8. The molecule has 0 amide bonds. The van der Waals surface area contributed by atoms with Crippen molar-refractivity contribution in [3.05, 3.63) is 108 Å². The Kier molecular flexibility index (Phi) is 14.1. The lowest BCUT2D eigenvalue weighted by molar-refractivity contribution is 0.135. The van der Waals surface area contributed by atoms with Crippen LogP contribution >= 0.6 is 0 Å². The van der Waals surface area contributed by atoms with E-state index in [-0.39, 0.29) is 18.3 Å². The molecule has 0 fully saturated rings. The van der Waals surface area contributed by atoms with Gasteiger partial charge in [-0.3, -0.25) is 0 Å². The van der Waals surface area contributed by atoms with Crippen molar-refractivity contribution in [2.75, 3.05) is 28.4 Å². The minimum atomic E-state index is -1.13. The number of rotatable bonds is 19. The van der Waals surface area contributed by atoms with Crippen LogP contribution in [0, 0.1) is 0 Å². The zero-order valence-corrected chi connectivity index (χ0v) is 32.1. The van der Waals surface area contributed by atoms with E-state index >= 15 is 0 Å². The summed E-state index contributed by atoms with van der Waals surface area (Å²) >= 11 is 0. The van der Waals surface area contributed by atoms with Gasteiger partial charge in [-0.2, -0.15) is 0 Å². The Morgan fingerprint density at radius 3 is 1.71 bits per heavy atom. The second-order valence-electron chi connectivity index (χ2n) is 13.2. The van der Waals surface area contributed by atoms with Gasteiger partial charge in [0.15, 0.2) is 34.5 Å². The van der Waals surface area contributed by atoms with Crippen LogP contribution in [0.15, 0.2) is 85.5 Å². The second kappa shape index (κ2) is 18.5. The Morgan fingerprint density at radius 2 is 1.13 bits per heavy atom. The second-order valence-corrected chi connectivity index (χ2v) is 13.2. The van der Waals surface area contributed by atoms with E-state index in [1.807, 2.05) is 108 Å². The van der Waals surface area contributed by atoms with Gasteiger partial charge < -0.3 is 43.0 Å². The SMILES string of the molecule is C=C[C@H](c1cc(OC)c(OC(C)C)cc1OCc1ccccc1)[C@@H](c1ccc(OC(C)C)c(OC)c1)C(O)c1cc(OC)c(OC)c(OC(C)C)c1. The molecule has 1 unspecified atom stereocenters. The minimum Gasteiger partial charge on any atom is -0.493 e. The molecule has 1 N–H and O–H groups in total. The van der Waals surface area contributed by atoms with Gasteiger partial charge in [-0.1, -0.05) is 42.5 Å². The van der Waals surface area contributed by atoms with E-state index in [9.17, 15) is 5.11 Å². The molecule has 0 aliphatic heterocycles. The van der Waals surface area contributed by atoms with E-state index in [2.05, 4.69) is 6.58 Å². The predicted octanol–water partition coefficient (Wildman–Crippen LogP) is 9.45. The number of hydrogen-bond acceptors (Lipinski definition) is 9. The molecular weight excluding hydrogens is 660 g/mol. The molecule has 0 bridgehead atoms. The lowest BCUT2D eigenvalue weighted by Gasteiger charge is -2.33. The summed E-state index contributed by atoms with van der Waals surface area (Å²) in [5.74, 6) is 2.86. The van der Waals surface area contributed by atoms with Crippen molar-refractivity contribution >= 4 is 0 Å². The van der Waals surface area contributed by atoms with Crippen LogP contribution in [0.2, 0.25) is 0 Å². The highest BCUT2D eigenvalue weighted by Gasteiger charge is 2.35. The zero-order chi connectivity index (χ0) is 37.9. The number of hydrogen-bond donors (Lipinski definition) is 1. The normalized spacial score (nSPS) is 13.0. The largest absolute Gasteiger partial charge is 0.493 e. The highest BCUT2D eigenvalue weighted by molar-refractivity contribution is 5.57. The first-order valence-electron chi connectivity index (χ1n) is 17.6. The fraction of sp³-hybridized carbons (Fsp3) is 0.395. The van der Waals surface area contributed by atoms with Crippen LogP contribution in [0.25, 0.3) is 0 Å². The van der Waals surface area contributed by atoms with Crippen molar-refractivity contribution in [1.82, 2.24) is 0 Å². The van der Waals surface area contributed by atoms with Crippen molar-refractivity contribution in [2.45, 2.75) is 84.4 Å². The smallest absolute Gasteiger partial charge is 0.203 e. The third-order valence-corrected chi connectivity index (χ3v) is 8.34. The van der Waals surface area contributed by atoms with E-state index in [0.717, 1.165) is 16.7 Å². The quantitative estimate of drug-likeness (QED) is 0.0954. The standard InChI is InChI=1S/C43H54O9/c1-12-32(33-23-37(46-9)38(51-27(4)5)24-35(33)49-25-29-16-14-13-15-17-29)41(30-18-19-34(50-26(2)3)36(20-30)45-8)42(44)31-21-39(47-10)43(48-11)40(22-31)52-28(6)7/h12-24,26-28,32,41-42,44H,1,25H2,2-11H3/t32-,41-,42?/m1/s1. The van der Waals surface area contributed by atoms with Gasteiger partial charge in [-0.15, -0.1) is 6.58 Å². The van der Waals surface area contributed by atoms with E-state index in [4.69, 9.17) is 37.9 Å². The van der Waals surface area contributed by atoms with Crippen molar-refractivity contribution in [1.29, 1.82) is 0 Å². The van der Waals surface area contributed by atoms with Crippen LogP contribution in [-0.2, 0) is 6.61 Å². The Balaban J connectivity index is 1.99. The lowest BCUT2D eigenvalue weighted by Crippen LogP contribution is -2.20. The average molecular weight is 715 g/mol. The average Bonchev–Trinajstić information content (AvgIpc) is 3.12. The van der Waals surface area contributed by atoms with Crippen molar-refractivity contribution in [3.63, 3.8) is 0 Å². The summed E-state index contributed by atoms with van der Waals surface area (Å²) in [6.07, 6.45) is 0.342. The fourth-order valence-corrected chi connectivity index (χ4v) is 6.15. The summed E-state index contributed by atoms with van der Waals surface area (Å²) in [5.41, 5.74) is 3.05. The zero-order valence-electron chi connectivity index (χ0n) is 32.1. The first-order chi connectivity index (χ1) is 24.9. The van der Waals surface area contributed by atoms with Crippen LogP contribution in [0.1, 0.15) is 81.7 Å². The molecule has 3 atom stereocenters. The summed E-state index contributed by atoms with van der Waals surface area (Å²) in [7, 11) is 6.31. The van der Waals surface area contributed by atoms with E-state index in [1.54, 1.807) is 40.6 Å². The molecule has 0 aliphatic rings. The van der Waals surface area contributed by atoms with Crippen LogP contribution in [0.3, 0.4) is 0 Å². The van der Waals surface area contributed by atoms with Gasteiger partial charge >= 0.3 is 0 Å². The summed E-state index contributed by atoms with van der Waals surface area (Å²) in [6.45, 7) is 16.3. The van der Waals surface area contributed by atoms with Gasteiger partial charge in [0, 0.05) is 23.5 Å². The number of benzene rings is 4. The van der Waals surface area contributed by atoms with Crippen LogP contribution in [0.4, 0.5) is 0 Å². The molecule has 0 aliphatic carbocycles. The van der Waals surface area contributed by atoms with Gasteiger partial charge in [0.2, 0.25) is 5.75 Å². The highest BCUT2D eigenvalue weighted by Crippen LogP contribution is 2.51. The van der Waals surface area contributed by atoms with Gasteiger partial charge in [-0.05, 0) is 88.6 Å². The lowest BCUT2D eigenvalue weighted by atomic mass is 9.75. The molecular formula is C43H54O9. The van der Waals surface area contributed by atoms with Gasteiger partial charge in [0.25, 0.3) is 0 Å². The number of ether oxygens (including phenoxy) is 8. The summed E-state index contributed by atoms with van der Waals surface area (Å²) in [4.78, 5) is 0. The Hall–Kier alpha value is -5.02. The number of aliphatic hydroxyl groups is 1.